The first-order valence-corrected chi connectivity index (χ1v) is 5.22. The summed E-state index contributed by atoms with van der Waals surface area (Å²) in [7, 11) is 2.03. The molecule has 5 heteroatoms. The van der Waals surface area contributed by atoms with Gasteiger partial charge in [0.05, 0.1) is 11.9 Å². The van der Waals surface area contributed by atoms with E-state index in [9.17, 15) is 0 Å². The largest absolute Gasteiger partial charge is 0.394 e. The van der Waals surface area contributed by atoms with Crippen molar-refractivity contribution in [3.63, 3.8) is 0 Å². The summed E-state index contributed by atoms with van der Waals surface area (Å²) in [4.78, 5) is 9.23. The van der Waals surface area contributed by atoms with E-state index >= 15 is 0 Å². The first kappa shape index (κ1) is 12.0. The van der Waals surface area contributed by atoms with E-state index in [2.05, 4.69) is 10.00 Å². The molecule has 1 aromatic heterocycles. The van der Waals surface area contributed by atoms with Crippen molar-refractivity contribution < 1.29 is 4.84 Å². The lowest BCUT2D eigenvalue weighted by molar-refractivity contribution is 0.0275. The summed E-state index contributed by atoms with van der Waals surface area (Å²) < 4.78 is 0. The first-order chi connectivity index (χ1) is 7.13. The van der Waals surface area contributed by atoms with Crippen LogP contribution in [0.25, 0.3) is 0 Å². The monoisotopic (exact) mass is 212 g/mol. The molecule has 0 bridgehead atoms. The molecule has 0 fully saturated rings. The topological polar surface area (TPSA) is 56.3 Å². The Morgan fingerprint density at radius 2 is 2.33 bits per heavy atom. The standard InChI is InChI=1S/C10H20N4O/c1-9(2)15-14-10(4-6-12-14)8-13(3)7-5-11/h4,6,9H,5,7-8,11H2,1-3H3. The molecule has 0 aliphatic heterocycles. The van der Waals surface area contributed by atoms with Gasteiger partial charge >= 0.3 is 0 Å². The lowest BCUT2D eigenvalue weighted by Crippen LogP contribution is -2.29. The van der Waals surface area contributed by atoms with Gasteiger partial charge in [0.15, 0.2) is 0 Å². The highest BCUT2D eigenvalue weighted by atomic mass is 16.7. The summed E-state index contributed by atoms with van der Waals surface area (Å²) in [5, 5.41) is 4.11. The fourth-order valence-electron chi connectivity index (χ4n) is 1.30. The third kappa shape index (κ3) is 3.89. The quantitative estimate of drug-likeness (QED) is 0.727. The Morgan fingerprint density at radius 3 is 2.93 bits per heavy atom. The van der Waals surface area contributed by atoms with Crippen molar-refractivity contribution in [2.75, 3.05) is 20.1 Å². The zero-order valence-electron chi connectivity index (χ0n) is 9.68. The van der Waals surface area contributed by atoms with Crippen LogP contribution in [0.3, 0.4) is 0 Å². The summed E-state index contributed by atoms with van der Waals surface area (Å²) in [5.74, 6) is 0. The molecule has 1 heterocycles. The normalized spacial score (nSPS) is 11.3. The van der Waals surface area contributed by atoms with E-state index in [4.69, 9.17) is 10.6 Å². The Hall–Kier alpha value is -1.07. The number of aromatic nitrogens is 2. The molecule has 0 spiro atoms. The zero-order valence-corrected chi connectivity index (χ0v) is 9.68. The smallest absolute Gasteiger partial charge is 0.121 e. The second-order valence-corrected chi connectivity index (χ2v) is 3.88. The molecule has 0 radical (unpaired) electrons. The summed E-state index contributed by atoms with van der Waals surface area (Å²) in [6.07, 6.45) is 1.87. The predicted molar refractivity (Wildman–Crippen MR) is 59.3 cm³/mol. The number of likely N-dealkylation sites (N-methyl/N-ethyl adjacent to an activating group) is 1. The zero-order chi connectivity index (χ0) is 11.3. The Kier molecular flexibility index (Phi) is 4.58. The number of nitrogens with two attached hydrogens (primary N) is 1. The molecular formula is C10H20N4O. The molecule has 1 rings (SSSR count). The molecule has 0 aromatic carbocycles. The van der Waals surface area contributed by atoms with Crippen LogP contribution in [0.1, 0.15) is 19.5 Å². The predicted octanol–water partition coefficient (Wildman–Crippen LogP) is 0.111. The number of hydrogen-bond acceptors (Lipinski definition) is 4. The van der Waals surface area contributed by atoms with E-state index in [0.717, 1.165) is 18.8 Å². The summed E-state index contributed by atoms with van der Waals surface area (Å²) in [6.45, 7) is 6.29. The van der Waals surface area contributed by atoms with Crippen molar-refractivity contribution in [1.82, 2.24) is 14.8 Å². The molecule has 86 valence electrons. The molecule has 15 heavy (non-hydrogen) atoms. The van der Waals surface area contributed by atoms with Crippen molar-refractivity contribution in [1.29, 1.82) is 0 Å². The molecule has 0 unspecified atom stereocenters. The van der Waals surface area contributed by atoms with E-state index in [1.54, 1.807) is 11.0 Å². The van der Waals surface area contributed by atoms with E-state index in [1.807, 2.05) is 27.0 Å². The van der Waals surface area contributed by atoms with Gasteiger partial charge in [-0.05, 0) is 27.0 Å². The average molecular weight is 212 g/mol. The van der Waals surface area contributed by atoms with Crippen LogP contribution in [0.15, 0.2) is 12.3 Å². The van der Waals surface area contributed by atoms with Crippen molar-refractivity contribution in [2.45, 2.75) is 26.5 Å². The SMILES string of the molecule is CC(C)On1nccc1CN(C)CCN. The molecule has 0 atom stereocenters. The van der Waals surface area contributed by atoms with Gasteiger partial charge in [-0.25, -0.2) is 0 Å². The van der Waals surface area contributed by atoms with Crippen LogP contribution in [0.2, 0.25) is 0 Å². The highest BCUT2D eigenvalue weighted by Crippen LogP contribution is 2.01. The van der Waals surface area contributed by atoms with E-state index in [1.165, 1.54) is 0 Å². The average Bonchev–Trinajstić information content (AvgIpc) is 2.52. The van der Waals surface area contributed by atoms with Crippen LogP contribution in [0, 0.1) is 0 Å². The summed E-state index contributed by atoms with van der Waals surface area (Å²) >= 11 is 0. The van der Waals surface area contributed by atoms with Crippen molar-refractivity contribution in [3.05, 3.63) is 18.0 Å². The summed E-state index contributed by atoms with van der Waals surface area (Å²) in [5.41, 5.74) is 6.52. The molecule has 0 amide bonds. The summed E-state index contributed by atoms with van der Waals surface area (Å²) in [6, 6.07) is 1.95. The third-order valence-electron chi connectivity index (χ3n) is 1.94. The lowest BCUT2D eigenvalue weighted by atomic mass is 10.4. The van der Waals surface area contributed by atoms with Gasteiger partial charge in [0.25, 0.3) is 0 Å². The fourth-order valence-corrected chi connectivity index (χ4v) is 1.30. The molecule has 2 N–H and O–H groups in total. The van der Waals surface area contributed by atoms with E-state index in [-0.39, 0.29) is 6.10 Å². The molecule has 5 nitrogen and oxygen atoms in total. The number of nitrogens with zero attached hydrogens (tertiary/aromatic N) is 3. The maximum Gasteiger partial charge on any atom is 0.121 e. The van der Waals surface area contributed by atoms with Crippen molar-refractivity contribution >= 4 is 0 Å². The Balaban J connectivity index is 2.56. The van der Waals surface area contributed by atoms with Crippen LogP contribution in [-0.2, 0) is 6.54 Å². The Morgan fingerprint density at radius 1 is 1.60 bits per heavy atom. The van der Waals surface area contributed by atoms with Gasteiger partial charge in [0.1, 0.15) is 6.10 Å². The van der Waals surface area contributed by atoms with Gasteiger partial charge < -0.3 is 10.6 Å². The highest BCUT2D eigenvalue weighted by molar-refractivity contribution is 4.98. The molecule has 1 aromatic rings. The minimum Gasteiger partial charge on any atom is -0.394 e. The first-order valence-electron chi connectivity index (χ1n) is 5.22. The lowest BCUT2D eigenvalue weighted by Gasteiger charge is -2.17. The molecule has 0 saturated heterocycles. The highest BCUT2D eigenvalue weighted by Gasteiger charge is 2.07. The van der Waals surface area contributed by atoms with Gasteiger partial charge in [-0.1, -0.05) is 0 Å². The second kappa shape index (κ2) is 5.72. The minimum absolute atomic E-state index is 0.128. The molecule has 0 aliphatic rings. The fraction of sp³-hybridized carbons (Fsp3) is 0.700. The van der Waals surface area contributed by atoms with Crippen LogP contribution in [0.5, 0.6) is 0 Å². The molecule has 0 saturated carbocycles. The van der Waals surface area contributed by atoms with Gasteiger partial charge in [0.2, 0.25) is 0 Å². The van der Waals surface area contributed by atoms with Gasteiger partial charge in [0, 0.05) is 19.6 Å². The minimum atomic E-state index is 0.128. The van der Waals surface area contributed by atoms with Gasteiger partial charge in [-0.2, -0.15) is 0 Å². The van der Waals surface area contributed by atoms with Crippen LogP contribution in [-0.4, -0.2) is 41.1 Å². The second-order valence-electron chi connectivity index (χ2n) is 3.88. The van der Waals surface area contributed by atoms with Crippen LogP contribution < -0.4 is 10.6 Å². The third-order valence-corrected chi connectivity index (χ3v) is 1.94. The Bertz CT molecular complexity index is 285. The van der Waals surface area contributed by atoms with E-state index in [0.29, 0.717) is 6.54 Å². The Labute approximate surface area is 90.8 Å². The van der Waals surface area contributed by atoms with Crippen LogP contribution in [0.4, 0.5) is 0 Å². The molecular weight excluding hydrogens is 192 g/mol. The van der Waals surface area contributed by atoms with E-state index < -0.39 is 0 Å². The van der Waals surface area contributed by atoms with Crippen LogP contribution >= 0.6 is 0 Å². The maximum absolute atomic E-state index is 5.51. The van der Waals surface area contributed by atoms with Crippen molar-refractivity contribution in [3.8, 4) is 0 Å². The maximum atomic E-state index is 5.51. The number of rotatable bonds is 6. The molecule has 0 aliphatic carbocycles. The van der Waals surface area contributed by atoms with Gasteiger partial charge in [-0.15, -0.1) is 9.94 Å². The van der Waals surface area contributed by atoms with Crippen molar-refractivity contribution in [2.24, 2.45) is 5.73 Å². The van der Waals surface area contributed by atoms with Gasteiger partial charge in [-0.3, -0.25) is 4.90 Å². The number of hydrogen-bond donors (Lipinski definition) is 1.